The van der Waals surface area contributed by atoms with Gasteiger partial charge in [0.25, 0.3) is 0 Å². The van der Waals surface area contributed by atoms with Crippen LogP contribution in [-0.2, 0) is 0 Å². The van der Waals surface area contributed by atoms with Gasteiger partial charge in [-0.1, -0.05) is 30.3 Å². The molecular weight excluding hydrogens is 270 g/mol. The number of aliphatic hydroxyl groups is 1. The van der Waals surface area contributed by atoms with Gasteiger partial charge in [0.15, 0.2) is 11.9 Å². The average molecular weight is 288 g/mol. The van der Waals surface area contributed by atoms with E-state index < -0.39 is 6.10 Å². The Kier molecular flexibility index (Phi) is 5.86. The van der Waals surface area contributed by atoms with E-state index in [0.29, 0.717) is 16.6 Å². The van der Waals surface area contributed by atoms with Crippen molar-refractivity contribution in [3.8, 4) is 0 Å². The van der Waals surface area contributed by atoms with E-state index in [2.05, 4.69) is 0 Å². The van der Waals surface area contributed by atoms with Crippen LogP contribution >= 0.6 is 0 Å². The highest BCUT2D eigenvalue weighted by atomic mass is 79.9. The second kappa shape index (κ2) is 6.13. The number of carbonyl (C=O) groups excluding carboxylic acids is 1. The molecule has 0 saturated carbocycles. The van der Waals surface area contributed by atoms with Crippen LogP contribution in [-0.4, -0.2) is 49.2 Å². The molecule has 1 aromatic carbocycles. The summed E-state index contributed by atoms with van der Waals surface area (Å²) in [4.78, 5) is 11.8. The quantitative estimate of drug-likeness (QED) is 0.511. The zero-order valence-corrected chi connectivity index (χ0v) is 11.4. The zero-order chi connectivity index (χ0) is 11.5. The summed E-state index contributed by atoms with van der Waals surface area (Å²) in [6, 6.07) is 8.89. The zero-order valence-electron chi connectivity index (χ0n) is 9.85. The lowest BCUT2D eigenvalue weighted by Gasteiger charge is -2.26. The van der Waals surface area contributed by atoms with Crippen molar-refractivity contribution in [1.82, 2.24) is 0 Å². The highest BCUT2D eigenvalue weighted by Crippen LogP contribution is 2.05. The Bertz CT molecular complexity index is 333. The first-order valence-electron chi connectivity index (χ1n) is 4.98. The average Bonchev–Trinajstić information content (AvgIpc) is 2.15. The molecule has 0 radical (unpaired) electrons. The number of Topliss-reactive ketones (excluding diaryl/α,β-unsaturated/α-hetero) is 1. The number of aliphatic hydroxyl groups excluding tert-OH is 1. The van der Waals surface area contributed by atoms with Gasteiger partial charge in [-0.15, -0.1) is 0 Å². The fourth-order valence-electron chi connectivity index (χ4n) is 1.40. The third kappa shape index (κ3) is 4.88. The molecule has 0 aliphatic heterocycles. The molecule has 3 nitrogen and oxygen atoms in total. The maximum atomic E-state index is 11.8. The van der Waals surface area contributed by atoms with Gasteiger partial charge in [0.2, 0.25) is 0 Å². The number of carbonyl (C=O) groups is 1. The number of hydrogen-bond donors (Lipinski definition) is 1. The standard InChI is InChI=1S/C12H18NO2.BrH/c1-13(2,3)9-11(14)12(15)10-7-5-4-6-8-10;/h4-8,11,14H,9H2,1-3H3;1H/q+1;/p-1. The van der Waals surface area contributed by atoms with E-state index in [1.54, 1.807) is 24.3 Å². The van der Waals surface area contributed by atoms with Gasteiger partial charge >= 0.3 is 0 Å². The van der Waals surface area contributed by atoms with E-state index in [9.17, 15) is 9.90 Å². The topological polar surface area (TPSA) is 37.3 Å². The summed E-state index contributed by atoms with van der Waals surface area (Å²) in [6.45, 7) is 0.424. The molecule has 1 unspecified atom stereocenters. The van der Waals surface area contributed by atoms with Gasteiger partial charge in [0.1, 0.15) is 6.54 Å². The molecule has 0 saturated heterocycles. The Morgan fingerprint density at radius 1 is 1.25 bits per heavy atom. The van der Waals surface area contributed by atoms with Gasteiger partial charge in [-0.25, -0.2) is 0 Å². The summed E-state index contributed by atoms with van der Waals surface area (Å²) in [5.41, 5.74) is 0.568. The van der Waals surface area contributed by atoms with Crippen LogP contribution in [0.15, 0.2) is 30.3 Å². The summed E-state index contributed by atoms with van der Waals surface area (Å²) in [5, 5.41) is 9.74. The molecule has 16 heavy (non-hydrogen) atoms. The first-order chi connectivity index (χ1) is 6.90. The van der Waals surface area contributed by atoms with Crippen molar-refractivity contribution in [3.05, 3.63) is 35.9 Å². The minimum atomic E-state index is -0.924. The monoisotopic (exact) mass is 287 g/mol. The third-order valence-electron chi connectivity index (χ3n) is 2.08. The molecule has 4 heteroatoms. The van der Waals surface area contributed by atoms with Crippen LogP contribution in [0, 0.1) is 0 Å². The summed E-state index contributed by atoms with van der Waals surface area (Å²) in [6.07, 6.45) is -0.924. The fraction of sp³-hybridized carbons (Fsp3) is 0.417. The maximum Gasteiger partial charge on any atom is 0.197 e. The lowest BCUT2D eigenvalue weighted by atomic mass is 10.1. The number of benzene rings is 1. The molecule has 0 spiro atoms. The minimum Gasteiger partial charge on any atom is -1.00 e. The number of halogens is 1. The Balaban J connectivity index is 0.00000225. The highest BCUT2D eigenvalue weighted by molar-refractivity contribution is 5.99. The second-order valence-electron chi connectivity index (χ2n) is 4.72. The smallest absolute Gasteiger partial charge is 0.197 e. The van der Waals surface area contributed by atoms with Gasteiger partial charge in [0, 0.05) is 5.56 Å². The van der Waals surface area contributed by atoms with Crippen LogP contribution in [0.3, 0.4) is 0 Å². The van der Waals surface area contributed by atoms with Gasteiger partial charge in [0.05, 0.1) is 21.1 Å². The molecule has 0 bridgehead atoms. The van der Waals surface area contributed by atoms with Crippen molar-refractivity contribution in [1.29, 1.82) is 0 Å². The van der Waals surface area contributed by atoms with E-state index in [0.717, 1.165) is 0 Å². The van der Waals surface area contributed by atoms with E-state index in [-0.39, 0.29) is 22.8 Å². The van der Waals surface area contributed by atoms with Gasteiger partial charge in [-0.2, -0.15) is 0 Å². The van der Waals surface area contributed by atoms with Crippen molar-refractivity contribution in [3.63, 3.8) is 0 Å². The molecule has 0 aliphatic rings. The molecule has 0 heterocycles. The number of hydrogen-bond acceptors (Lipinski definition) is 2. The number of nitrogens with zero attached hydrogens (tertiary/aromatic N) is 1. The van der Waals surface area contributed by atoms with E-state index in [4.69, 9.17) is 0 Å². The Labute approximate surface area is 107 Å². The van der Waals surface area contributed by atoms with Crippen molar-refractivity contribution in [2.45, 2.75) is 6.10 Å². The summed E-state index contributed by atoms with van der Waals surface area (Å²) >= 11 is 0. The largest absolute Gasteiger partial charge is 1.00 e. The first-order valence-corrected chi connectivity index (χ1v) is 4.98. The lowest BCUT2D eigenvalue weighted by molar-refractivity contribution is -0.872. The van der Waals surface area contributed by atoms with E-state index in [1.807, 2.05) is 27.2 Å². The molecule has 1 rings (SSSR count). The van der Waals surface area contributed by atoms with Crippen LogP contribution in [0.25, 0.3) is 0 Å². The summed E-state index contributed by atoms with van der Waals surface area (Å²) < 4.78 is 0.569. The predicted molar refractivity (Wildman–Crippen MR) is 59.7 cm³/mol. The van der Waals surface area contributed by atoms with Crippen LogP contribution in [0.4, 0.5) is 0 Å². The lowest BCUT2D eigenvalue weighted by Crippen LogP contribution is -3.00. The normalized spacial score (nSPS) is 12.8. The molecule has 1 aromatic rings. The van der Waals surface area contributed by atoms with Crippen molar-refractivity contribution < 1.29 is 31.4 Å². The summed E-state index contributed by atoms with van der Waals surface area (Å²) in [7, 11) is 5.84. The predicted octanol–water partition coefficient (Wildman–Crippen LogP) is -2.06. The van der Waals surface area contributed by atoms with Crippen LogP contribution in [0.1, 0.15) is 10.4 Å². The SMILES string of the molecule is C[N+](C)(C)CC(O)C(=O)c1ccccc1.[Br-]. The number of quaternary nitrogens is 1. The van der Waals surface area contributed by atoms with Crippen molar-refractivity contribution in [2.75, 3.05) is 27.7 Å². The molecule has 1 atom stereocenters. The van der Waals surface area contributed by atoms with Gasteiger partial charge in [-0.3, -0.25) is 4.79 Å². The van der Waals surface area contributed by atoms with Crippen molar-refractivity contribution in [2.24, 2.45) is 0 Å². The molecule has 0 aliphatic carbocycles. The number of likely N-dealkylation sites (N-methyl/N-ethyl adjacent to an activating group) is 1. The maximum absolute atomic E-state index is 11.8. The number of ketones is 1. The highest BCUT2D eigenvalue weighted by Gasteiger charge is 2.23. The van der Waals surface area contributed by atoms with Crippen LogP contribution in [0.5, 0.6) is 0 Å². The summed E-state index contributed by atoms with van der Waals surface area (Å²) in [5.74, 6) is -0.205. The van der Waals surface area contributed by atoms with Crippen LogP contribution < -0.4 is 17.0 Å². The van der Waals surface area contributed by atoms with Crippen LogP contribution in [0.2, 0.25) is 0 Å². The third-order valence-corrected chi connectivity index (χ3v) is 2.08. The fourth-order valence-corrected chi connectivity index (χ4v) is 1.40. The van der Waals surface area contributed by atoms with Gasteiger partial charge < -0.3 is 26.6 Å². The Morgan fingerprint density at radius 2 is 1.75 bits per heavy atom. The molecular formula is C12H18BrNO2. The molecule has 90 valence electrons. The Morgan fingerprint density at radius 3 is 2.19 bits per heavy atom. The molecule has 1 N–H and O–H groups in total. The molecule has 0 aromatic heterocycles. The Hall–Kier alpha value is -0.710. The molecule has 0 fully saturated rings. The number of rotatable bonds is 4. The van der Waals surface area contributed by atoms with Gasteiger partial charge in [-0.05, 0) is 0 Å². The molecule has 0 amide bonds. The van der Waals surface area contributed by atoms with Crippen molar-refractivity contribution >= 4 is 5.78 Å². The second-order valence-corrected chi connectivity index (χ2v) is 4.72. The van der Waals surface area contributed by atoms with E-state index >= 15 is 0 Å². The first kappa shape index (κ1) is 15.3. The van der Waals surface area contributed by atoms with E-state index in [1.165, 1.54) is 0 Å². The minimum absolute atomic E-state index is 0.